The van der Waals surface area contributed by atoms with Crippen LogP contribution in [0.3, 0.4) is 0 Å². The molecule has 1 aliphatic heterocycles. The lowest BCUT2D eigenvalue weighted by Gasteiger charge is -2.35. The Morgan fingerprint density at radius 1 is 0.913 bits per heavy atom. The quantitative estimate of drug-likeness (QED) is 0.925. The molecule has 1 amide bonds. The predicted octanol–water partition coefficient (Wildman–Crippen LogP) is 3.20. The highest BCUT2D eigenvalue weighted by atomic mass is 16.3. The van der Waals surface area contributed by atoms with Crippen molar-refractivity contribution in [1.82, 2.24) is 4.90 Å². The summed E-state index contributed by atoms with van der Waals surface area (Å²) in [6.45, 7) is 1.36. The van der Waals surface area contributed by atoms with Crippen LogP contribution in [0.25, 0.3) is 11.1 Å². The Bertz CT molecular complexity index is 699. The Morgan fingerprint density at radius 2 is 1.52 bits per heavy atom. The fourth-order valence-corrected chi connectivity index (χ4v) is 4.07. The number of hydrogen-bond donors (Lipinski definition) is 1. The third kappa shape index (κ3) is 2.55. The van der Waals surface area contributed by atoms with Crippen LogP contribution in [0, 0.1) is 11.8 Å². The SMILES string of the molecule is O=C(c1ccccc1-c1ccccc1)N1C[C@H]2CC[C@@H](C1)C2O. The highest BCUT2D eigenvalue weighted by molar-refractivity contribution is 6.01. The van der Waals surface area contributed by atoms with Crippen molar-refractivity contribution in [2.24, 2.45) is 11.8 Å². The Kier molecular flexibility index (Phi) is 3.66. The van der Waals surface area contributed by atoms with E-state index < -0.39 is 0 Å². The molecule has 2 aromatic carbocycles. The summed E-state index contributed by atoms with van der Waals surface area (Å²) in [7, 11) is 0. The summed E-state index contributed by atoms with van der Waals surface area (Å²) in [6.07, 6.45) is 1.86. The molecule has 0 aromatic heterocycles. The van der Waals surface area contributed by atoms with E-state index in [0.717, 1.165) is 29.5 Å². The second kappa shape index (κ2) is 5.82. The Labute approximate surface area is 136 Å². The number of nitrogens with zero attached hydrogens (tertiary/aromatic N) is 1. The van der Waals surface area contributed by atoms with Crippen LogP contribution in [-0.4, -0.2) is 35.1 Å². The number of hydrogen-bond acceptors (Lipinski definition) is 2. The highest BCUT2D eigenvalue weighted by Gasteiger charge is 2.42. The number of carbonyl (C=O) groups is 1. The summed E-state index contributed by atoms with van der Waals surface area (Å²) in [4.78, 5) is 15.0. The number of benzene rings is 2. The van der Waals surface area contributed by atoms with E-state index in [1.54, 1.807) is 0 Å². The Balaban J connectivity index is 1.65. The van der Waals surface area contributed by atoms with Gasteiger partial charge < -0.3 is 10.0 Å². The molecule has 2 aromatic rings. The molecule has 3 heteroatoms. The zero-order chi connectivity index (χ0) is 15.8. The number of aliphatic hydroxyl groups excluding tert-OH is 1. The molecule has 1 saturated heterocycles. The summed E-state index contributed by atoms with van der Waals surface area (Å²) in [5.74, 6) is 0.594. The van der Waals surface area contributed by atoms with Gasteiger partial charge in [0.2, 0.25) is 0 Å². The van der Waals surface area contributed by atoms with E-state index in [0.29, 0.717) is 13.1 Å². The molecule has 4 rings (SSSR count). The van der Waals surface area contributed by atoms with Crippen LogP contribution in [0.2, 0.25) is 0 Å². The van der Waals surface area contributed by atoms with Crippen LogP contribution in [-0.2, 0) is 0 Å². The molecule has 118 valence electrons. The molecule has 1 aliphatic carbocycles. The maximum absolute atomic E-state index is 13.1. The molecule has 3 nitrogen and oxygen atoms in total. The molecule has 1 N–H and O–H groups in total. The monoisotopic (exact) mass is 307 g/mol. The minimum Gasteiger partial charge on any atom is -0.392 e. The summed E-state index contributed by atoms with van der Waals surface area (Å²) in [5.41, 5.74) is 2.81. The van der Waals surface area contributed by atoms with Gasteiger partial charge in [-0.2, -0.15) is 0 Å². The van der Waals surface area contributed by atoms with Gasteiger partial charge in [-0.3, -0.25) is 4.79 Å². The summed E-state index contributed by atoms with van der Waals surface area (Å²) >= 11 is 0. The van der Waals surface area contributed by atoms with Gasteiger partial charge in [0.25, 0.3) is 5.91 Å². The fourth-order valence-electron chi connectivity index (χ4n) is 4.07. The minimum absolute atomic E-state index is 0.0910. The molecule has 3 atom stereocenters. The molecule has 2 bridgehead atoms. The van der Waals surface area contributed by atoms with E-state index in [-0.39, 0.29) is 23.8 Å². The van der Waals surface area contributed by atoms with Gasteiger partial charge in [-0.05, 0) is 30.0 Å². The van der Waals surface area contributed by atoms with Gasteiger partial charge >= 0.3 is 0 Å². The topological polar surface area (TPSA) is 40.5 Å². The standard InChI is InChI=1S/C20H21NO2/c22-19-15-10-11-16(19)13-21(12-15)20(23)18-9-5-4-8-17(18)14-6-2-1-3-7-14/h1-9,15-16,19,22H,10-13H2/t15-,16+,19?. The van der Waals surface area contributed by atoms with E-state index in [4.69, 9.17) is 0 Å². The normalized spacial score (nSPS) is 26.3. The third-order valence-corrected chi connectivity index (χ3v) is 5.31. The van der Waals surface area contributed by atoms with Crippen LogP contribution in [0.1, 0.15) is 23.2 Å². The highest BCUT2D eigenvalue weighted by Crippen LogP contribution is 2.37. The van der Waals surface area contributed by atoms with Gasteiger partial charge in [0.05, 0.1) is 6.10 Å². The Morgan fingerprint density at radius 3 is 2.22 bits per heavy atom. The van der Waals surface area contributed by atoms with Gasteiger partial charge in [-0.25, -0.2) is 0 Å². The van der Waals surface area contributed by atoms with E-state index >= 15 is 0 Å². The lowest BCUT2D eigenvalue weighted by molar-refractivity contribution is 0.0167. The number of piperidine rings is 1. The van der Waals surface area contributed by atoms with E-state index in [9.17, 15) is 9.90 Å². The van der Waals surface area contributed by atoms with Crippen molar-refractivity contribution < 1.29 is 9.90 Å². The molecular weight excluding hydrogens is 286 g/mol. The second-order valence-electron chi connectivity index (χ2n) is 6.71. The molecule has 2 aliphatic rings. The number of rotatable bonds is 2. The number of aliphatic hydroxyl groups is 1. The molecule has 23 heavy (non-hydrogen) atoms. The summed E-state index contributed by atoms with van der Waals surface area (Å²) < 4.78 is 0. The summed E-state index contributed by atoms with van der Waals surface area (Å²) in [5, 5.41) is 10.2. The lowest BCUT2D eigenvalue weighted by atomic mass is 9.93. The van der Waals surface area contributed by atoms with Gasteiger partial charge in [0.1, 0.15) is 0 Å². The first-order valence-corrected chi connectivity index (χ1v) is 8.36. The minimum atomic E-state index is -0.219. The number of likely N-dealkylation sites (tertiary alicyclic amines) is 1. The van der Waals surface area contributed by atoms with Crippen molar-refractivity contribution in [2.45, 2.75) is 18.9 Å². The van der Waals surface area contributed by atoms with E-state index in [1.807, 2.05) is 59.5 Å². The number of fused-ring (bicyclic) bond motifs is 2. The van der Waals surface area contributed by atoms with Crippen molar-refractivity contribution in [2.75, 3.05) is 13.1 Å². The maximum Gasteiger partial charge on any atom is 0.254 e. The molecular formula is C20H21NO2. The predicted molar refractivity (Wildman–Crippen MR) is 90.0 cm³/mol. The van der Waals surface area contributed by atoms with Crippen LogP contribution in [0.4, 0.5) is 0 Å². The van der Waals surface area contributed by atoms with Crippen molar-refractivity contribution in [1.29, 1.82) is 0 Å². The van der Waals surface area contributed by atoms with Gasteiger partial charge in [0, 0.05) is 30.5 Å². The third-order valence-electron chi connectivity index (χ3n) is 5.31. The van der Waals surface area contributed by atoms with Crippen molar-refractivity contribution in [3.8, 4) is 11.1 Å². The first-order chi connectivity index (χ1) is 11.2. The number of carbonyl (C=O) groups excluding carboxylic acids is 1. The Hall–Kier alpha value is -2.13. The molecule has 0 spiro atoms. The van der Waals surface area contributed by atoms with Crippen LogP contribution in [0.5, 0.6) is 0 Å². The first kappa shape index (κ1) is 14.5. The molecule has 1 saturated carbocycles. The lowest BCUT2D eigenvalue weighted by Crippen LogP contribution is -2.47. The van der Waals surface area contributed by atoms with E-state index in [1.165, 1.54) is 0 Å². The van der Waals surface area contributed by atoms with Gasteiger partial charge in [0.15, 0.2) is 0 Å². The fraction of sp³-hybridized carbons (Fsp3) is 0.350. The second-order valence-corrected chi connectivity index (χ2v) is 6.71. The van der Waals surface area contributed by atoms with Crippen molar-refractivity contribution in [3.63, 3.8) is 0 Å². The zero-order valence-electron chi connectivity index (χ0n) is 13.1. The molecule has 0 radical (unpaired) electrons. The van der Waals surface area contributed by atoms with Crippen LogP contribution >= 0.6 is 0 Å². The number of amides is 1. The van der Waals surface area contributed by atoms with E-state index in [2.05, 4.69) is 0 Å². The molecule has 2 fully saturated rings. The molecule has 1 heterocycles. The zero-order valence-corrected chi connectivity index (χ0v) is 13.1. The van der Waals surface area contributed by atoms with Gasteiger partial charge in [-0.1, -0.05) is 48.5 Å². The largest absolute Gasteiger partial charge is 0.392 e. The van der Waals surface area contributed by atoms with Crippen LogP contribution in [0.15, 0.2) is 54.6 Å². The first-order valence-electron chi connectivity index (χ1n) is 8.36. The smallest absolute Gasteiger partial charge is 0.254 e. The average molecular weight is 307 g/mol. The van der Waals surface area contributed by atoms with Crippen molar-refractivity contribution >= 4 is 5.91 Å². The van der Waals surface area contributed by atoms with Crippen molar-refractivity contribution in [3.05, 3.63) is 60.2 Å². The average Bonchev–Trinajstić information content (AvgIpc) is 2.83. The van der Waals surface area contributed by atoms with Crippen LogP contribution < -0.4 is 0 Å². The van der Waals surface area contributed by atoms with Gasteiger partial charge in [-0.15, -0.1) is 0 Å². The summed E-state index contributed by atoms with van der Waals surface area (Å²) in [6, 6.07) is 17.9. The molecule has 1 unspecified atom stereocenters. The maximum atomic E-state index is 13.1.